The predicted octanol–water partition coefficient (Wildman–Crippen LogP) is 1.30. The normalized spacial score (nSPS) is 12.1. The maximum atomic E-state index is 13.1. The van der Waals surface area contributed by atoms with Crippen molar-refractivity contribution in [1.29, 1.82) is 5.26 Å². The van der Waals surface area contributed by atoms with Gasteiger partial charge in [-0.2, -0.15) is 5.26 Å². The second-order valence-corrected chi connectivity index (χ2v) is 3.62. The van der Waals surface area contributed by atoms with Crippen molar-refractivity contribution in [3.05, 3.63) is 41.7 Å². The minimum atomic E-state index is -0.360. The average molecular weight is 231 g/mol. The van der Waals surface area contributed by atoms with Gasteiger partial charge in [0.1, 0.15) is 18.2 Å². The van der Waals surface area contributed by atoms with Crippen LogP contribution in [0.3, 0.4) is 0 Å². The van der Waals surface area contributed by atoms with E-state index in [9.17, 15) is 4.39 Å². The van der Waals surface area contributed by atoms with Gasteiger partial charge in [-0.05, 0) is 30.7 Å². The Morgan fingerprint density at radius 3 is 2.88 bits per heavy atom. The quantitative estimate of drug-likeness (QED) is 0.844. The number of benzene rings is 1. The van der Waals surface area contributed by atoms with Gasteiger partial charge in [0.25, 0.3) is 5.82 Å². The molecule has 0 saturated heterocycles. The first-order valence-corrected chi connectivity index (χ1v) is 4.99. The molecule has 0 spiro atoms. The minimum absolute atomic E-state index is 0.0601. The van der Waals surface area contributed by atoms with Crippen LogP contribution < -0.4 is 5.73 Å². The Morgan fingerprint density at radius 2 is 2.29 bits per heavy atom. The van der Waals surface area contributed by atoms with E-state index < -0.39 is 0 Å². The van der Waals surface area contributed by atoms with Crippen LogP contribution in [0.2, 0.25) is 0 Å². The molecular weight excluding hydrogens is 221 g/mol. The van der Waals surface area contributed by atoms with Gasteiger partial charge in [0.15, 0.2) is 0 Å². The minimum Gasteiger partial charge on any atom is -0.324 e. The number of nitrogens with zero attached hydrogens (tertiary/aromatic N) is 4. The van der Waals surface area contributed by atoms with Crippen LogP contribution in [0.15, 0.2) is 24.5 Å². The van der Waals surface area contributed by atoms with Gasteiger partial charge < -0.3 is 5.73 Å². The molecule has 0 amide bonds. The van der Waals surface area contributed by atoms with Gasteiger partial charge in [-0.1, -0.05) is 0 Å². The van der Waals surface area contributed by atoms with Crippen LogP contribution in [0.5, 0.6) is 0 Å². The summed E-state index contributed by atoms with van der Waals surface area (Å²) in [4.78, 5) is 3.79. The smallest absolute Gasteiger partial charge is 0.252 e. The molecule has 1 heterocycles. The van der Waals surface area contributed by atoms with Crippen LogP contribution in [0.25, 0.3) is 5.69 Å². The first kappa shape index (κ1) is 11.2. The summed E-state index contributed by atoms with van der Waals surface area (Å²) in [6.07, 6.45) is 1.40. The highest BCUT2D eigenvalue weighted by molar-refractivity contribution is 5.42. The van der Waals surface area contributed by atoms with E-state index in [1.165, 1.54) is 23.1 Å². The summed E-state index contributed by atoms with van der Waals surface area (Å²) < 4.78 is 14.6. The van der Waals surface area contributed by atoms with Gasteiger partial charge in [0.2, 0.25) is 0 Å². The zero-order valence-electron chi connectivity index (χ0n) is 9.13. The second kappa shape index (κ2) is 4.31. The second-order valence-electron chi connectivity index (χ2n) is 3.62. The number of aromatic nitrogens is 3. The van der Waals surface area contributed by atoms with Crippen molar-refractivity contribution in [2.75, 3.05) is 0 Å². The third-order valence-electron chi connectivity index (χ3n) is 2.32. The van der Waals surface area contributed by atoms with E-state index in [0.717, 1.165) is 0 Å². The van der Waals surface area contributed by atoms with E-state index in [0.29, 0.717) is 11.3 Å². The highest BCUT2D eigenvalue weighted by atomic mass is 19.1. The van der Waals surface area contributed by atoms with Crippen LogP contribution in [-0.4, -0.2) is 14.8 Å². The third-order valence-corrected chi connectivity index (χ3v) is 2.32. The Labute approximate surface area is 97.3 Å². The van der Waals surface area contributed by atoms with Crippen LogP contribution in [-0.2, 0) is 0 Å². The molecule has 1 aromatic carbocycles. The van der Waals surface area contributed by atoms with Gasteiger partial charge in [-0.25, -0.2) is 14.1 Å². The van der Waals surface area contributed by atoms with Gasteiger partial charge >= 0.3 is 0 Å². The van der Waals surface area contributed by atoms with Gasteiger partial charge in [-0.3, -0.25) is 0 Å². The number of hydrogen-bond acceptors (Lipinski definition) is 4. The topological polar surface area (TPSA) is 80.5 Å². The molecule has 2 N–H and O–H groups in total. The Bertz CT molecular complexity index is 582. The van der Waals surface area contributed by atoms with Crippen LogP contribution in [0.1, 0.15) is 24.4 Å². The summed E-state index contributed by atoms with van der Waals surface area (Å²) in [5, 5.41) is 12.6. The van der Waals surface area contributed by atoms with E-state index in [1.54, 1.807) is 13.0 Å². The molecule has 0 bridgehead atoms. The summed E-state index contributed by atoms with van der Waals surface area (Å²) in [6, 6.07) is 5.72. The van der Waals surface area contributed by atoms with Crippen molar-refractivity contribution in [1.82, 2.24) is 14.8 Å². The molecule has 86 valence electrons. The summed E-state index contributed by atoms with van der Waals surface area (Å²) in [5.74, 6) is -0.299. The number of nitrogens with two attached hydrogens (primary N) is 1. The fourth-order valence-electron chi connectivity index (χ4n) is 1.53. The highest BCUT2D eigenvalue weighted by Gasteiger charge is 2.11. The predicted molar refractivity (Wildman–Crippen MR) is 58.6 cm³/mol. The monoisotopic (exact) mass is 231 g/mol. The molecular formula is C11H10FN5. The molecule has 0 fully saturated rings. The Balaban J connectivity index is 2.55. The maximum Gasteiger partial charge on any atom is 0.252 e. The number of rotatable bonds is 2. The molecule has 17 heavy (non-hydrogen) atoms. The third kappa shape index (κ3) is 2.14. The molecule has 0 aliphatic carbocycles. The van der Waals surface area contributed by atoms with E-state index in [-0.39, 0.29) is 17.7 Å². The average Bonchev–Trinajstić information content (AvgIpc) is 2.77. The molecule has 0 radical (unpaired) electrons. The first-order chi connectivity index (χ1) is 8.11. The van der Waals surface area contributed by atoms with E-state index >= 15 is 0 Å². The molecule has 1 atom stereocenters. The Hall–Kier alpha value is -2.26. The molecule has 2 aromatic rings. The fourth-order valence-corrected chi connectivity index (χ4v) is 1.53. The van der Waals surface area contributed by atoms with Gasteiger partial charge in [0.05, 0.1) is 5.69 Å². The lowest BCUT2D eigenvalue weighted by Crippen LogP contribution is -2.10. The van der Waals surface area contributed by atoms with E-state index in [2.05, 4.69) is 10.1 Å². The van der Waals surface area contributed by atoms with Crippen molar-refractivity contribution in [2.45, 2.75) is 13.0 Å². The summed E-state index contributed by atoms with van der Waals surface area (Å²) in [5.41, 5.74) is 7.00. The summed E-state index contributed by atoms with van der Waals surface area (Å²) >= 11 is 0. The maximum absolute atomic E-state index is 13.1. The molecule has 0 unspecified atom stereocenters. The molecule has 0 saturated carbocycles. The van der Waals surface area contributed by atoms with E-state index in [1.807, 2.05) is 6.07 Å². The molecule has 5 nitrogen and oxygen atoms in total. The molecule has 0 aliphatic rings. The number of nitriles is 1. The largest absolute Gasteiger partial charge is 0.324 e. The lowest BCUT2D eigenvalue weighted by Gasteiger charge is -2.12. The fraction of sp³-hybridized carbons (Fsp3) is 0.182. The lowest BCUT2D eigenvalue weighted by molar-refractivity contribution is 0.620. The summed E-state index contributed by atoms with van der Waals surface area (Å²) in [6.45, 7) is 1.75. The van der Waals surface area contributed by atoms with Crippen molar-refractivity contribution < 1.29 is 4.39 Å². The molecule has 2 rings (SSSR count). The zero-order valence-corrected chi connectivity index (χ0v) is 9.13. The van der Waals surface area contributed by atoms with Crippen molar-refractivity contribution >= 4 is 0 Å². The Morgan fingerprint density at radius 1 is 1.53 bits per heavy atom. The van der Waals surface area contributed by atoms with E-state index in [4.69, 9.17) is 11.0 Å². The molecule has 0 aliphatic heterocycles. The van der Waals surface area contributed by atoms with Crippen LogP contribution in [0, 0.1) is 17.1 Å². The zero-order chi connectivity index (χ0) is 12.4. The van der Waals surface area contributed by atoms with Crippen LogP contribution >= 0.6 is 0 Å². The SMILES string of the molecule is C[C@H](N)c1cc(F)ccc1-n1cnc(C#N)n1. The highest BCUT2D eigenvalue weighted by Crippen LogP contribution is 2.20. The first-order valence-electron chi connectivity index (χ1n) is 4.99. The summed E-state index contributed by atoms with van der Waals surface area (Å²) in [7, 11) is 0. The number of halogens is 1. The Kier molecular flexibility index (Phi) is 2.85. The van der Waals surface area contributed by atoms with Crippen LogP contribution in [0.4, 0.5) is 4.39 Å². The number of hydrogen-bond donors (Lipinski definition) is 1. The lowest BCUT2D eigenvalue weighted by atomic mass is 10.1. The van der Waals surface area contributed by atoms with Crippen molar-refractivity contribution in [2.24, 2.45) is 5.73 Å². The molecule has 6 heteroatoms. The standard InChI is InChI=1S/C11H10FN5/c1-7(14)9-4-8(12)2-3-10(9)17-6-15-11(5-13)16-17/h2-4,6-7H,14H2,1H3/t7-/m0/s1. The van der Waals surface area contributed by atoms with Gasteiger partial charge in [-0.15, -0.1) is 5.10 Å². The van der Waals surface area contributed by atoms with Crippen molar-refractivity contribution in [3.8, 4) is 11.8 Å². The van der Waals surface area contributed by atoms with Gasteiger partial charge in [0, 0.05) is 6.04 Å². The molecule has 1 aromatic heterocycles. The van der Waals surface area contributed by atoms with Crippen molar-refractivity contribution in [3.63, 3.8) is 0 Å².